The fourth-order valence-corrected chi connectivity index (χ4v) is 2.37. The Balaban J connectivity index is 1.93. The summed E-state index contributed by atoms with van der Waals surface area (Å²) in [6.07, 6.45) is 1.56. The van der Waals surface area contributed by atoms with Crippen LogP contribution in [0, 0.1) is 11.6 Å². The number of H-pyrrole nitrogens is 1. The molecule has 1 aromatic heterocycles. The first kappa shape index (κ1) is 13.7. The molecular formula is C14H13F2N3O2. The van der Waals surface area contributed by atoms with Crippen molar-refractivity contribution in [2.24, 2.45) is 0 Å². The molecule has 21 heavy (non-hydrogen) atoms. The Morgan fingerprint density at radius 1 is 1.38 bits per heavy atom. The first-order valence-corrected chi connectivity index (χ1v) is 6.50. The van der Waals surface area contributed by atoms with Crippen molar-refractivity contribution < 1.29 is 18.3 Å². The van der Waals surface area contributed by atoms with Crippen LogP contribution in [-0.2, 0) is 4.74 Å². The van der Waals surface area contributed by atoms with E-state index in [2.05, 4.69) is 10.2 Å². The molecule has 1 atom stereocenters. The third kappa shape index (κ3) is 2.64. The van der Waals surface area contributed by atoms with Crippen molar-refractivity contribution in [3.05, 3.63) is 53.4 Å². The average Bonchev–Trinajstić information content (AvgIpc) is 3.03. The summed E-state index contributed by atoms with van der Waals surface area (Å²) in [5.41, 5.74) is 0.418. The Bertz CT molecular complexity index is 646. The Labute approximate surface area is 119 Å². The van der Waals surface area contributed by atoms with Gasteiger partial charge in [-0.05, 0) is 24.3 Å². The summed E-state index contributed by atoms with van der Waals surface area (Å²) in [4.78, 5) is 14.0. The minimum absolute atomic E-state index is 0.276. The predicted molar refractivity (Wildman–Crippen MR) is 69.5 cm³/mol. The van der Waals surface area contributed by atoms with E-state index in [4.69, 9.17) is 4.74 Å². The molecular weight excluding hydrogens is 280 g/mol. The van der Waals surface area contributed by atoms with E-state index in [0.717, 1.165) is 18.2 Å². The van der Waals surface area contributed by atoms with Crippen LogP contribution < -0.4 is 0 Å². The van der Waals surface area contributed by atoms with Crippen LogP contribution in [0.5, 0.6) is 0 Å². The summed E-state index contributed by atoms with van der Waals surface area (Å²) in [6, 6.07) is 4.18. The zero-order chi connectivity index (χ0) is 14.8. The molecule has 0 bridgehead atoms. The van der Waals surface area contributed by atoms with Crippen molar-refractivity contribution in [2.75, 3.05) is 19.8 Å². The molecule has 2 aromatic rings. The van der Waals surface area contributed by atoms with Crippen LogP contribution in [0.25, 0.3) is 0 Å². The molecule has 2 heterocycles. The highest BCUT2D eigenvalue weighted by atomic mass is 19.1. The predicted octanol–water partition coefficient (Wildman–Crippen LogP) is 1.90. The van der Waals surface area contributed by atoms with E-state index in [1.807, 2.05) is 0 Å². The second-order valence-corrected chi connectivity index (χ2v) is 4.73. The Hall–Kier alpha value is -2.28. The van der Waals surface area contributed by atoms with Crippen molar-refractivity contribution in [1.82, 2.24) is 15.1 Å². The minimum atomic E-state index is -0.740. The molecule has 0 spiro atoms. The molecule has 1 aliphatic rings. The normalized spacial score (nSPS) is 18.8. The molecule has 0 radical (unpaired) electrons. The van der Waals surface area contributed by atoms with Gasteiger partial charge in [0.25, 0.3) is 5.91 Å². The number of halogens is 2. The van der Waals surface area contributed by atoms with E-state index in [9.17, 15) is 13.6 Å². The molecule has 7 heteroatoms. The number of carbonyl (C=O) groups excluding carboxylic acids is 1. The number of amides is 1. The molecule has 0 aliphatic carbocycles. The van der Waals surface area contributed by atoms with Crippen LogP contribution >= 0.6 is 0 Å². The van der Waals surface area contributed by atoms with Crippen molar-refractivity contribution in [1.29, 1.82) is 0 Å². The van der Waals surface area contributed by atoms with Crippen molar-refractivity contribution in [3.8, 4) is 0 Å². The van der Waals surface area contributed by atoms with E-state index in [0.29, 0.717) is 18.8 Å². The second-order valence-electron chi connectivity index (χ2n) is 4.73. The molecule has 0 saturated carbocycles. The van der Waals surface area contributed by atoms with Crippen LogP contribution in [0.1, 0.15) is 22.1 Å². The first-order valence-electron chi connectivity index (χ1n) is 6.50. The minimum Gasteiger partial charge on any atom is -0.377 e. The van der Waals surface area contributed by atoms with Crippen LogP contribution in [0.4, 0.5) is 8.78 Å². The lowest BCUT2D eigenvalue weighted by atomic mass is 10.1. The van der Waals surface area contributed by atoms with Gasteiger partial charge >= 0.3 is 0 Å². The average molecular weight is 293 g/mol. The second kappa shape index (κ2) is 5.61. The van der Waals surface area contributed by atoms with Gasteiger partial charge < -0.3 is 9.64 Å². The number of hydrogen-bond donors (Lipinski definition) is 1. The summed E-state index contributed by atoms with van der Waals surface area (Å²) in [5, 5.41) is 6.62. The van der Waals surface area contributed by atoms with Gasteiger partial charge in [-0.3, -0.25) is 9.89 Å². The van der Waals surface area contributed by atoms with Gasteiger partial charge in [0, 0.05) is 12.7 Å². The number of ether oxygens (including phenoxy) is 1. The van der Waals surface area contributed by atoms with Gasteiger partial charge in [-0.1, -0.05) is 0 Å². The topological polar surface area (TPSA) is 58.2 Å². The number of aromatic nitrogens is 2. The third-order valence-corrected chi connectivity index (χ3v) is 3.43. The number of benzene rings is 1. The summed E-state index contributed by atoms with van der Waals surface area (Å²) < 4.78 is 32.4. The fourth-order valence-electron chi connectivity index (χ4n) is 2.37. The molecule has 1 amide bonds. The monoisotopic (exact) mass is 293 g/mol. The van der Waals surface area contributed by atoms with E-state index < -0.39 is 23.6 Å². The number of carbonyl (C=O) groups is 1. The lowest BCUT2D eigenvalue weighted by Gasteiger charge is -2.35. The van der Waals surface area contributed by atoms with Crippen molar-refractivity contribution in [3.63, 3.8) is 0 Å². The van der Waals surface area contributed by atoms with Crippen LogP contribution in [0.3, 0.4) is 0 Å². The molecule has 1 aromatic carbocycles. The SMILES string of the molecule is O=C(c1cc(F)ccc1F)N1CCOC[C@@H]1c1ccn[nH]1. The van der Waals surface area contributed by atoms with Gasteiger partial charge in [-0.25, -0.2) is 8.78 Å². The molecule has 3 rings (SSSR count). The van der Waals surface area contributed by atoms with Crippen LogP contribution in [0.2, 0.25) is 0 Å². The molecule has 1 saturated heterocycles. The number of nitrogens with zero attached hydrogens (tertiary/aromatic N) is 2. The number of aromatic amines is 1. The van der Waals surface area contributed by atoms with Crippen molar-refractivity contribution in [2.45, 2.75) is 6.04 Å². The molecule has 110 valence electrons. The molecule has 0 unspecified atom stereocenters. The van der Waals surface area contributed by atoms with Gasteiger partial charge in [0.05, 0.1) is 30.5 Å². The van der Waals surface area contributed by atoms with Gasteiger partial charge in [0.2, 0.25) is 0 Å². The van der Waals surface area contributed by atoms with Crippen LogP contribution in [-0.4, -0.2) is 40.8 Å². The first-order chi connectivity index (χ1) is 10.2. The Kier molecular flexibility index (Phi) is 3.66. The smallest absolute Gasteiger partial charge is 0.257 e. The highest BCUT2D eigenvalue weighted by molar-refractivity contribution is 5.94. The van der Waals surface area contributed by atoms with Gasteiger partial charge in [0.1, 0.15) is 11.6 Å². The highest BCUT2D eigenvalue weighted by Gasteiger charge is 2.31. The largest absolute Gasteiger partial charge is 0.377 e. The molecule has 5 nitrogen and oxygen atoms in total. The summed E-state index contributed by atoms with van der Waals surface area (Å²) in [7, 11) is 0. The molecule has 1 N–H and O–H groups in total. The van der Waals surface area contributed by atoms with Gasteiger partial charge in [-0.15, -0.1) is 0 Å². The zero-order valence-electron chi connectivity index (χ0n) is 11.1. The number of hydrogen-bond acceptors (Lipinski definition) is 3. The lowest BCUT2D eigenvalue weighted by Crippen LogP contribution is -2.43. The van der Waals surface area contributed by atoms with E-state index in [1.165, 1.54) is 4.90 Å². The third-order valence-electron chi connectivity index (χ3n) is 3.43. The van der Waals surface area contributed by atoms with Crippen molar-refractivity contribution >= 4 is 5.91 Å². The van der Waals surface area contributed by atoms with E-state index >= 15 is 0 Å². The number of morpholine rings is 1. The quantitative estimate of drug-likeness (QED) is 0.920. The zero-order valence-corrected chi connectivity index (χ0v) is 11.1. The van der Waals surface area contributed by atoms with E-state index in [1.54, 1.807) is 12.3 Å². The lowest BCUT2D eigenvalue weighted by molar-refractivity contribution is -0.00416. The highest BCUT2D eigenvalue weighted by Crippen LogP contribution is 2.25. The standard InChI is InChI=1S/C14H13F2N3O2/c15-9-1-2-11(16)10(7-9)14(20)19-5-6-21-8-13(19)12-3-4-17-18-12/h1-4,7,13H,5-6,8H2,(H,17,18)/t13-/m1/s1. The maximum absolute atomic E-state index is 13.8. The maximum Gasteiger partial charge on any atom is 0.257 e. The molecule has 1 fully saturated rings. The van der Waals surface area contributed by atoms with Crippen LogP contribution in [0.15, 0.2) is 30.5 Å². The van der Waals surface area contributed by atoms with E-state index in [-0.39, 0.29) is 12.2 Å². The van der Waals surface area contributed by atoms with Gasteiger partial charge in [0.15, 0.2) is 0 Å². The number of rotatable bonds is 2. The summed E-state index contributed by atoms with van der Waals surface area (Å²) in [6.45, 7) is 0.941. The summed E-state index contributed by atoms with van der Waals surface area (Å²) in [5.74, 6) is -1.95. The fraction of sp³-hybridized carbons (Fsp3) is 0.286. The Morgan fingerprint density at radius 3 is 3.00 bits per heavy atom. The summed E-state index contributed by atoms with van der Waals surface area (Å²) >= 11 is 0. The van der Waals surface area contributed by atoms with Gasteiger partial charge in [-0.2, -0.15) is 5.10 Å². The maximum atomic E-state index is 13.8. The Morgan fingerprint density at radius 2 is 2.24 bits per heavy atom. The molecule has 1 aliphatic heterocycles. The number of nitrogens with one attached hydrogen (secondary N) is 1.